The summed E-state index contributed by atoms with van der Waals surface area (Å²) in [5, 5.41) is 8.81. The summed E-state index contributed by atoms with van der Waals surface area (Å²) in [7, 11) is 0. The number of nitrogens with zero attached hydrogens (tertiary/aromatic N) is 2. The molecule has 1 unspecified atom stereocenters. The van der Waals surface area contributed by atoms with Crippen LogP contribution in [0.3, 0.4) is 0 Å². The van der Waals surface area contributed by atoms with Crippen molar-refractivity contribution in [2.24, 2.45) is 5.92 Å². The molecule has 5 amide bonds. The third-order valence-corrected chi connectivity index (χ3v) is 10.8. The Bertz CT molecular complexity index is 1910. The zero-order valence-corrected chi connectivity index (χ0v) is 33.0. The SMILES string of the molecule is Cc1ccc2cc1CNC(=O)[C@H](CCc1ccccc1)NC(=O)[C@@H](NC(=O)c1cccc3c1CN(C(=O)OC(C)(C)C)CC3)CC(=O)N1CCCC(CCO2)C1. The van der Waals surface area contributed by atoms with Crippen LogP contribution in [0.5, 0.6) is 5.75 Å². The van der Waals surface area contributed by atoms with Gasteiger partial charge in [0.25, 0.3) is 5.91 Å². The summed E-state index contributed by atoms with van der Waals surface area (Å²) >= 11 is 0. The number of aryl methyl sites for hydroxylation is 2. The molecule has 1 fully saturated rings. The smallest absolute Gasteiger partial charge is 0.410 e. The fourth-order valence-electron chi connectivity index (χ4n) is 7.63. The highest BCUT2D eigenvalue weighted by Crippen LogP contribution is 2.26. The van der Waals surface area contributed by atoms with E-state index in [9.17, 15) is 24.0 Å². The van der Waals surface area contributed by atoms with Gasteiger partial charge in [-0.3, -0.25) is 19.2 Å². The van der Waals surface area contributed by atoms with Gasteiger partial charge in [0.1, 0.15) is 23.4 Å². The number of rotatable bonds is 5. The molecule has 3 N–H and O–H groups in total. The van der Waals surface area contributed by atoms with E-state index in [0.29, 0.717) is 56.6 Å². The number of carbonyl (C=O) groups excluding carboxylic acids is 5. The minimum atomic E-state index is -1.27. The van der Waals surface area contributed by atoms with Gasteiger partial charge in [0.15, 0.2) is 0 Å². The van der Waals surface area contributed by atoms with Crippen molar-refractivity contribution in [2.45, 2.75) is 103 Å². The number of benzene rings is 3. The first-order valence-electron chi connectivity index (χ1n) is 19.8. The van der Waals surface area contributed by atoms with Gasteiger partial charge >= 0.3 is 6.09 Å². The third kappa shape index (κ3) is 10.7. The van der Waals surface area contributed by atoms with Crippen molar-refractivity contribution in [3.8, 4) is 5.75 Å². The van der Waals surface area contributed by atoms with E-state index in [4.69, 9.17) is 9.47 Å². The van der Waals surface area contributed by atoms with E-state index < -0.39 is 35.6 Å². The normalized spacial score (nSPS) is 21.0. The molecule has 0 aromatic heterocycles. The Morgan fingerprint density at radius 3 is 2.54 bits per heavy atom. The van der Waals surface area contributed by atoms with Crippen LogP contribution in [0.2, 0.25) is 0 Å². The molecule has 3 aliphatic rings. The zero-order valence-electron chi connectivity index (χ0n) is 33.0. The number of piperidine rings is 1. The van der Waals surface area contributed by atoms with Gasteiger partial charge in [-0.1, -0.05) is 48.5 Å². The Balaban J connectivity index is 1.28. The van der Waals surface area contributed by atoms with Crippen LogP contribution in [0.4, 0.5) is 4.79 Å². The summed E-state index contributed by atoms with van der Waals surface area (Å²) in [4.78, 5) is 72.8. The van der Waals surface area contributed by atoms with Gasteiger partial charge in [0.2, 0.25) is 17.7 Å². The van der Waals surface area contributed by atoms with Gasteiger partial charge in [0, 0.05) is 31.7 Å². The van der Waals surface area contributed by atoms with Crippen molar-refractivity contribution in [1.29, 1.82) is 0 Å². The summed E-state index contributed by atoms with van der Waals surface area (Å²) < 4.78 is 11.8. The number of hydrogen-bond acceptors (Lipinski definition) is 7. The summed E-state index contributed by atoms with van der Waals surface area (Å²) in [6.45, 7) is 9.78. The molecule has 0 radical (unpaired) electrons. The molecule has 0 spiro atoms. The average molecular weight is 766 g/mol. The Kier molecular flexibility index (Phi) is 13.0. The molecule has 3 aromatic carbocycles. The van der Waals surface area contributed by atoms with Gasteiger partial charge < -0.3 is 35.2 Å². The second-order valence-electron chi connectivity index (χ2n) is 16.2. The van der Waals surface area contributed by atoms with E-state index in [1.165, 1.54) is 0 Å². The molecule has 1 saturated heterocycles. The van der Waals surface area contributed by atoms with Crippen molar-refractivity contribution in [2.75, 3.05) is 26.2 Å². The average Bonchev–Trinajstić information content (AvgIpc) is 3.18. The van der Waals surface area contributed by atoms with E-state index in [2.05, 4.69) is 16.0 Å². The molecule has 4 bridgehead atoms. The summed E-state index contributed by atoms with van der Waals surface area (Å²) in [6, 6.07) is 18.7. The van der Waals surface area contributed by atoms with Crippen LogP contribution in [0, 0.1) is 12.8 Å². The van der Waals surface area contributed by atoms with Crippen molar-refractivity contribution in [1.82, 2.24) is 25.8 Å². The fraction of sp³-hybridized carbons (Fsp3) is 0.477. The highest BCUT2D eigenvalue weighted by Gasteiger charge is 2.34. The van der Waals surface area contributed by atoms with E-state index >= 15 is 0 Å². The maximum atomic E-state index is 14.4. The lowest BCUT2D eigenvalue weighted by Gasteiger charge is -2.34. The van der Waals surface area contributed by atoms with E-state index in [0.717, 1.165) is 47.3 Å². The molecule has 298 valence electrons. The molecular weight excluding hydrogens is 711 g/mol. The Morgan fingerprint density at radius 2 is 1.75 bits per heavy atom. The lowest BCUT2D eigenvalue weighted by molar-refractivity contribution is -0.137. The fourth-order valence-corrected chi connectivity index (χ4v) is 7.63. The van der Waals surface area contributed by atoms with Gasteiger partial charge in [-0.05, 0) is 118 Å². The van der Waals surface area contributed by atoms with Crippen molar-refractivity contribution >= 4 is 29.7 Å². The van der Waals surface area contributed by atoms with Crippen LogP contribution in [-0.2, 0) is 45.1 Å². The first-order chi connectivity index (χ1) is 26.8. The number of fused-ring (bicyclic) bond motifs is 5. The summed E-state index contributed by atoms with van der Waals surface area (Å²) in [5.74, 6) is -0.857. The molecule has 3 aromatic rings. The van der Waals surface area contributed by atoms with Crippen LogP contribution in [0.15, 0.2) is 66.7 Å². The molecule has 6 rings (SSSR count). The minimum absolute atomic E-state index is 0.159. The minimum Gasteiger partial charge on any atom is -0.494 e. The Hall–Kier alpha value is -5.39. The first-order valence-corrected chi connectivity index (χ1v) is 19.8. The Morgan fingerprint density at radius 1 is 0.946 bits per heavy atom. The molecule has 12 heteroatoms. The van der Waals surface area contributed by atoms with Gasteiger partial charge in [0.05, 0.1) is 19.6 Å². The summed E-state index contributed by atoms with van der Waals surface area (Å²) in [5.41, 5.74) is 4.12. The lowest BCUT2D eigenvalue weighted by Crippen LogP contribution is -2.55. The van der Waals surface area contributed by atoms with Gasteiger partial charge in [-0.2, -0.15) is 0 Å². The van der Waals surface area contributed by atoms with Gasteiger partial charge in [-0.25, -0.2) is 4.79 Å². The first kappa shape index (κ1) is 40.3. The molecular formula is C44H55N5O7. The number of carbonyl (C=O) groups is 5. The van der Waals surface area contributed by atoms with Crippen LogP contribution < -0.4 is 20.7 Å². The van der Waals surface area contributed by atoms with Crippen molar-refractivity contribution < 1.29 is 33.4 Å². The van der Waals surface area contributed by atoms with Crippen LogP contribution in [0.1, 0.15) is 91.1 Å². The monoisotopic (exact) mass is 765 g/mol. The molecule has 3 aliphatic heterocycles. The summed E-state index contributed by atoms with van der Waals surface area (Å²) in [6.07, 6.45) is 3.11. The molecule has 56 heavy (non-hydrogen) atoms. The Labute approximate surface area is 329 Å². The zero-order chi connectivity index (χ0) is 39.8. The van der Waals surface area contributed by atoms with Crippen LogP contribution in [0.25, 0.3) is 0 Å². The molecule has 0 saturated carbocycles. The molecule has 12 nitrogen and oxygen atoms in total. The number of amides is 5. The van der Waals surface area contributed by atoms with Crippen LogP contribution >= 0.6 is 0 Å². The topological polar surface area (TPSA) is 146 Å². The standard InChI is InChI=1S/C44H55N5O7/c1-29-15-17-34-24-33(29)26-45-41(52)37(18-16-30-10-6-5-7-11-30)46-42(53)38(25-39(50)48-21-9-12-31(27-48)20-23-55-34)47-40(51)35-14-8-13-32-19-22-49(28-36(32)35)43(54)56-44(2,3)4/h5-8,10-11,13-15,17,24,31,37-38H,9,12,16,18-23,25-28H2,1-4H3,(H,45,52)(H,46,53)(H,47,51)/t31?,37-,38-/m0/s1. The van der Waals surface area contributed by atoms with E-state index in [-0.39, 0.29) is 37.2 Å². The molecule has 0 aliphatic carbocycles. The second kappa shape index (κ2) is 18.0. The highest BCUT2D eigenvalue weighted by molar-refractivity contribution is 6.01. The number of hydrogen-bond donors (Lipinski definition) is 3. The predicted molar refractivity (Wildman–Crippen MR) is 212 cm³/mol. The predicted octanol–water partition coefficient (Wildman–Crippen LogP) is 5.23. The number of ether oxygens (including phenoxy) is 2. The van der Waals surface area contributed by atoms with Crippen molar-refractivity contribution in [3.05, 3.63) is 100 Å². The molecule has 3 heterocycles. The van der Waals surface area contributed by atoms with E-state index in [1.807, 2.05) is 61.5 Å². The van der Waals surface area contributed by atoms with E-state index in [1.54, 1.807) is 42.7 Å². The van der Waals surface area contributed by atoms with Gasteiger partial charge in [-0.15, -0.1) is 0 Å². The quantitative estimate of drug-likeness (QED) is 0.323. The maximum Gasteiger partial charge on any atom is 0.410 e. The largest absolute Gasteiger partial charge is 0.494 e. The van der Waals surface area contributed by atoms with Crippen LogP contribution in [-0.4, -0.2) is 83.4 Å². The number of nitrogens with one attached hydrogen (secondary N) is 3. The highest BCUT2D eigenvalue weighted by atomic mass is 16.6. The van der Waals surface area contributed by atoms with Crippen molar-refractivity contribution in [3.63, 3.8) is 0 Å². The maximum absolute atomic E-state index is 14.4. The third-order valence-electron chi connectivity index (χ3n) is 10.8. The lowest BCUT2D eigenvalue weighted by atomic mass is 9.94. The second-order valence-corrected chi connectivity index (χ2v) is 16.2. The molecule has 3 atom stereocenters.